The van der Waals surface area contributed by atoms with Crippen molar-refractivity contribution >= 4 is 34.8 Å². The molecule has 1 saturated heterocycles. The van der Waals surface area contributed by atoms with Gasteiger partial charge in [-0.15, -0.1) is 0 Å². The summed E-state index contributed by atoms with van der Waals surface area (Å²) in [4.78, 5) is 16.1. The zero-order valence-electron chi connectivity index (χ0n) is 13.5. The van der Waals surface area contributed by atoms with Crippen molar-refractivity contribution in [2.24, 2.45) is 0 Å². The molecule has 0 unspecified atom stereocenters. The molecule has 2 aromatic carbocycles. The van der Waals surface area contributed by atoms with E-state index in [2.05, 4.69) is 36.4 Å². The van der Waals surface area contributed by atoms with Crippen LogP contribution in [0.15, 0.2) is 57.8 Å². The van der Waals surface area contributed by atoms with Crippen LogP contribution in [-0.2, 0) is 4.79 Å². The molecule has 0 bridgehead atoms. The molecule has 122 valence electrons. The molecule has 2 heterocycles. The molecule has 2 nitrogen and oxygen atoms in total. The van der Waals surface area contributed by atoms with Crippen molar-refractivity contribution in [3.8, 4) is 0 Å². The summed E-state index contributed by atoms with van der Waals surface area (Å²) in [5.74, 6) is 0.169. The Morgan fingerprint density at radius 1 is 1.04 bits per heavy atom. The first-order valence-corrected chi connectivity index (χ1v) is 9.37. The zero-order valence-corrected chi connectivity index (χ0v) is 15.1. The molecule has 2 aromatic rings. The van der Waals surface area contributed by atoms with Crippen LogP contribution in [0.2, 0.25) is 5.02 Å². The highest BCUT2D eigenvalue weighted by atomic mass is 35.5. The molecule has 4 heteroatoms. The van der Waals surface area contributed by atoms with Crippen LogP contribution in [0, 0.1) is 0 Å². The Kier molecular flexibility index (Phi) is 4.15. The van der Waals surface area contributed by atoms with E-state index in [0.29, 0.717) is 0 Å². The summed E-state index contributed by atoms with van der Waals surface area (Å²) >= 11 is 8.10. The fourth-order valence-electron chi connectivity index (χ4n) is 3.53. The zero-order chi connectivity index (χ0) is 16.7. The topological polar surface area (TPSA) is 20.3 Å². The number of hydrogen-bond acceptors (Lipinski definition) is 2. The maximum atomic E-state index is 11.6. The molecule has 0 aromatic heterocycles. The summed E-state index contributed by atoms with van der Waals surface area (Å²) in [7, 11) is 0. The van der Waals surface area contributed by atoms with Gasteiger partial charge in [-0.1, -0.05) is 47.1 Å². The highest BCUT2D eigenvalue weighted by Crippen LogP contribution is 2.48. The number of benzene rings is 2. The molecular formula is C20H18ClNOS. The molecule has 1 amide bonds. The molecule has 2 aliphatic heterocycles. The van der Waals surface area contributed by atoms with Gasteiger partial charge in [0, 0.05) is 34.8 Å². The van der Waals surface area contributed by atoms with E-state index in [4.69, 9.17) is 11.6 Å². The second kappa shape index (κ2) is 6.30. The van der Waals surface area contributed by atoms with Crippen molar-refractivity contribution < 1.29 is 4.79 Å². The molecule has 0 spiro atoms. The average Bonchev–Trinajstić information content (AvgIpc) is 2.60. The number of likely N-dealkylation sites (tertiary alicyclic amines) is 1. The van der Waals surface area contributed by atoms with E-state index >= 15 is 0 Å². The third-order valence-corrected chi connectivity index (χ3v) is 6.14. The minimum atomic E-state index is 0.169. The molecule has 0 saturated carbocycles. The predicted octanol–water partition coefficient (Wildman–Crippen LogP) is 5.25. The number of piperidine rings is 1. The van der Waals surface area contributed by atoms with E-state index in [-0.39, 0.29) is 5.91 Å². The SMILES string of the molecule is CC(=O)N1CCC(=C2c3ccccc3Sc3ccc(Cl)cc32)CC1. The molecule has 2 aliphatic rings. The molecule has 0 atom stereocenters. The molecule has 24 heavy (non-hydrogen) atoms. The number of amides is 1. The van der Waals surface area contributed by atoms with Gasteiger partial charge in [0.25, 0.3) is 0 Å². The fourth-order valence-corrected chi connectivity index (χ4v) is 4.78. The maximum Gasteiger partial charge on any atom is 0.219 e. The molecule has 0 aliphatic carbocycles. The third-order valence-electron chi connectivity index (χ3n) is 4.75. The Balaban J connectivity index is 1.84. The van der Waals surface area contributed by atoms with Crippen LogP contribution < -0.4 is 0 Å². The fraction of sp³-hybridized carbons (Fsp3) is 0.250. The lowest BCUT2D eigenvalue weighted by atomic mass is 9.88. The normalized spacial score (nSPS) is 16.7. The van der Waals surface area contributed by atoms with Gasteiger partial charge in [0.05, 0.1) is 0 Å². The van der Waals surface area contributed by atoms with Gasteiger partial charge in [-0.05, 0) is 53.8 Å². The maximum absolute atomic E-state index is 11.6. The first-order valence-electron chi connectivity index (χ1n) is 8.18. The monoisotopic (exact) mass is 355 g/mol. The highest BCUT2D eigenvalue weighted by molar-refractivity contribution is 7.99. The summed E-state index contributed by atoms with van der Waals surface area (Å²) in [5, 5.41) is 0.771. The average molecular weight is 356 g/mol. The van der Waals surface area contributed by atoms with Crippen molar-refractivity contribution in [3.63, 3.8) is 0 Å². The van der Waals surface area contributed by atoms with Crippen molar-refractivity contribution in [3.05, 3.63) is 64.2 Å². The summed E-state index contributed by atoms with van der Waals surface area (Å²) in [6.45, 7) is 3.26. The third kappa shape index (κ3) is 2.76. The number of halogens is 1. The smallest absolute Gasteiger partial charge is 0.219 e. The highest BCUT2D eigenvalue weighted by Gasteiger charge is 2.26. The Labute approximate surface area is 151 Å². The molecule has 0 radical (unpaired) electrons. The van der Waals surface area contributed by atoms with Crippen LogP contribution >= 0.6 is 23.4 Å². The number of carbonyl (C=O) groups excluding carboxylic acids is 1. The van der Waals surface area contributed by atoms with Crippen LogP contribution in [0.1, 0.15) is 30.9 Å². The van der Waals surface area contributed by atoms with E-state index in [0.717, 1.165) is 31.0 Å². The largest absolute Gasteiger partial charge is 0.342 e. The van der Waals surface area contributed by atoms with Crippen molar-refractivity contribution in [1.29, 1.82) is 0 Å². The van der Waals surface area contributed by atoms with Crippen LogP contribution in [0.4, 0.5) is 0 Å². The first-order chi connectivity index (χ1) is 11.6. The number of rotatable bonds is 0. The van der Waals surface area contributed by atoms with Gasteiger partial charge in [-0.3, -0.25) is 4.79 Å². The first kappa shape index (κ1) is 15.8. The predicted molar refractivity (Wildman–Crippen MR) is 99.5 cm³/mol. The Hall–Kier alpha value is -1.71. The van der Waals surface area contributed by atoms with Crippen LogP contribution in [0.3, 0.4) is 0 Å². The minimum absolute atomic E-state index is 0.169. The molecule has 1 fully saturated rings. The molecule has 4 rings (SSSR count). The quantitative estimate of drug-likeness (QED) is 0.549. The Morgan fingerprint density at radius 2 is 1.75 bits per heavy atom. The summed E-state index contributed by atoms with van der Waals surface area (Å²) < 4.78 is 0. The van der Waals surface area contributed by atoms with Crippen LogP contribution in [0.5, 0.6) is 0 Å². The number of nitrogens with zero attached hydrogens (tertiary/aromatic N) is 1. The second-order valence-corrected chi connectivity index (χ2v) is 7.74. The van der Waals surface area contributed by atoms with Gasteiger partial charge in [0.1, 0.15) is 0 Å². The van der Waals surface area contributed by atoms with E-state index in [1.54, 1.807) is 6.92 Å². The number of fused-ring (bicyclic) bond motifs is 2. The van der Waals surface area contributed by atoms with Crippen LogP contribution in [0.25, 0.3) is 5.57 Å². The lowest BCUT2D eigenvalue weighted by Crippen LogP contribution is -2.34. The van der Waals surface area contributed by atoms with Crippen molar-refractivity contribution in [2.45, 2.75) is 29.6 Å². The Morgan fingerprint density at radius 3 is 2.50 bits per heavy atom. The van der Waals surface area contributed by atoms with Gasteiger partial charge in [0.15, 0.2) is 0 Å². The number of hydrogen-bond donors (Lipinski definition) is 0. The molecule has 0 N–H and O–H groups in total. The Bertz CT molecular complexity index is 848. The summed E-state index contributed by atoms with van der Waals surface area (Å²) in [5.41, 5.74) is 5.29. The van der Waals surface area contributed by atoms with Gasteiger partial charge in [-0.2, -0.15) is 0 Å². The standard InChI is InChI=1S/C20H18ClNOS/c1-13(23)22-10-8-14(9-11-22)20-16-4-2-3-5-18(16)24-19-7-6-15(21)12-17(19)20/h2-7,12H,8-11H2,1H3. The van der Waals surface area contributed by atoms with E-state index < -0.39 is 0 Å². The van der Waals surface area contributed by atoms with Crippen molar-refractivity contribution in [2.75, 3.05) is 13.1 Å². The van der Waals surface area contributed by atoms with Crippen LogP contribution in [-0.4, -0.2) is 23.9 Å². The second-order valence-electron chi connectivity index (χ2n) is 6.22. The van der Waals surface area contributed by atoms with Gasteiger partial charge >= 0.3 is 0 Å². The van der Waals surface area contributed by atoms with E-state index in [9.17, 15) is 4.79 Å². The van der Waals surface area contributed by atoms with Gasteiger partial charge < -0.3 is 4.90 Å². The molecular weight excluding hydrogens is 338 g/mol. The van der Waals surface area contributed by atoms with E-state index in [1.807, 2.05) is 22.7 Å². The van der Waals surface area contributed by atoms with Gasteiger partial charge in [0.2, 0.25) is 5.91 Å². The van der Waals surface area contributed by atoms with Gasteiger partial charge in [-0.25, -0.2) is 0 Å². The summed E-state index contributed by atoms with van der Waals surface area (Å²) in [6.07, 6.45) is 1.86. The lowest BCUT2D eigenvalue weighted by molar-refractivity contribution is -0.129. The summed E-state index contributed by atoms with van der Waals surface area (Å²) in [6, 6.07) is 14.7. The van der Waals surface area contributed by atoms with Crippen molar-refractivity contribution in [1.82, 2.24) is 4.90 Å². The van der Waals surface area contributed by atoms with E-state index in [1.165, 1.54) is 32.1 Å². The minimum Gasteiger partial charge on any atom is -0.342 e. The lowest BCUT2D eigenvalue weighted by Gasteiger charge is -2.31. The number of carbonyl (C=O) groups is 1.